The van der Waals surface area contributed by atoms with Gasteiger partial charge in [0.15, 0.2) is 5.82 Å². The van der Waals surface area contributed by atoms with Gasteiger partial charge in [-0.2, -0.15) is 0 Å². The molecule has 9 nitrogen and oxygen atoms in total. The molecule has 3 aromatic rings. The third kappa shape index (κ3) is 7.60. The number of benzene rings is 1. The number of likely N-dealkylation sites (tertiary alicyclic amines) is 1. The predicted molar refractivity (Wildman–Crippen MR) is 156 cm³/mol. The number of carboxylic acids is 1. The molecule has 0 saturated carbocycles. The van der Waals surface area contributed by atoms with Gasteiger partial charge in [0, 0.05) is 66.9 Å². The lowest BCUT2D eigenvalue weighted by Gasteiger charge is -2.34. The van der Waals surface area contributed by atoms with E-state index < -0.39 is 5.97 Å². The van der Waals surface area contributed by atoms with Gasteiger partial charge in [0.2, 0.25) is 11.8 Å². The van der Waals surface area contributed by atoms with E-state index >= 15 is 0 Å². The molecule has 2 aliphatic heterocycles. The summed E-state index contributed by atoms with van der Waals surface area (Å²) in [6.45, 7) is 9.49. The van der Waals surface area contributed by atoms with Crippen LogP contribution in [0.15, 0.2) is 42.5 Å². The summed E-state index contributed by atoms with van der Waals surface area (Å²) in [5.41, 5.74) is 2.50. The van der Waals surface area contributed by atoms with Gasteiger partial charge in [-0.1, -0.05) is 30.1 Å². The topological polar surface area (TPSA) is 94.9 Å². The van der Waals surface area contributed by atoms with E-state index in [0.717, 1.165) is 75.6 Å². The minimum Gasteiger partial charge on any atom is -0.481 e. The molecule has 0 atom stereocenters. The number of carbonyl (C=O) groups is 1. The second kappa shape index (κ2) is 13.1. The highest BCUT2D eigenvalue weighted by Gasteiger charge is 2.22. The van der Waals surface area contributed by atoms with E-state index in [1.54, 1.807) is 6.07 Å². The molecule has 1 N–H and O–H groups in total. The van der Waals surface area contributed by atoms with E-state index in [1.165, 1.54) is 0 Å². The van der Waals surface area contributed by atoms with Gasteiger partial charge in [-0.05, 0) is 74.3 Å². The van der Waals surface area contributed by atoms with Gasteiger partial charge in [0.25, 0.3) is 0 Å². The average Bonchev–Trinajstić information content (AvgIpc) is 2.94. The third-order valence-corrected chi connectivity index (χ3v) is 8.01. The number of ether oxygens (including phenoxy) is 1. The summed E-state index contributed by atoms with van der Waals surface area (Å²) >= 11 is 12.6. The second-order valence-corrected chi connectivity index (χ2v) is 11.3. The molecular weight excluding hydrogens is 551 g/mol. The largest absolute Gasteiger partial charge is 0.481 e. The Morgan fingerprint density at radius 3 is 2.27 bits per heavy atom. The molecule has 212 valence electrons. The molecular formula is C29H34Cl2N6O3. The van der Waals surface area contributed by atoms with Crippen LogP contribution in [0.5, 0.6) is 11.8 Å². The molecule has 2 fully saturated rings. The van der Waals surface area contributed by atoms with Gasteiger partial charge in [0.1, 0.15) is 0 Å². The quantitative estimate of drug-likeness (QED) is 0.351. The van der Waals surface area contributed by atoms with Crippen LogP contribution in [0.25, 0.3) is 11.3 Å². The number of halogens is 2. The maximum absolute atomic E-state index is 11.1. The fourth-order valence-electron chi connectivity index (χ4n) is 5.34. The fraction of sp³-hybridized carbons (Fsp3) is 0.448. The summed E-state index contributed by atoms with van der Waals surface area (Å²) in [4.78, 5) is 22.8. The van der Waals surface area contributed by atoms with Gasteiger partial charge in [-0.25, -0.2) is 4.98 Å². The summed E-state index contributed by atoms with van der Waals surface area (Å²) in [7, 11) is 0. The molecule has 0 unspecified atom stereocenters. The molecule has 0 bridgehead atoms. The van der Waals surface area contributed by atoms with Gasteiger partial charge < -0.3 is 19.6 Å². The molecule has 0 radical (unpaired) electrons. The number of aromatic nitrogens is 3. The van der Waals surface area contributed by atoms with Crippen LogP contribution in [0.3, 0.4) is 0 Å². The maximum atomic E-state index is 11.1. The Kier molecular flexibility index (Phi) is 9.36. The lowest BCUT2D eigenvalue weighted by atomic mass is 9.93. The Bertz CT molecular complexity index is 1290. The first kappa shape index (κ1) is 28.5. The minimum absolute atomic E-state index is 0.228. The monoisotopic (exact) mass is 584 g/mol. The molecule has 4 heterocycles. The van der Waals surface area contributed by atoms with Crippen molar-refractivity contribution in [2.45, 2.75) is 32.7 Å². The van der Waals surface area contributed by atoms with E-state index in [4.69, 9.17) is 38.0 Å². The number of anilines is 1. The van der Waals surface area contributed by atoms with E-state index in [2.05, 4.69) is 31.8 Å². The highest BCUT2D eigenvalue weighted by molar-refractivity contribution is 6.35. The van der Waals surface area contributed by atoms with Crippen molar-refractivity contribution in [2.24, 2.45) is 5.92 Å². The van der Waals surface area contributed by atoms with Gasteiger partial charge in [-0.15, -0.1) is 10.2 Å². The van der Waals surface area contributed by atoms with E-state index in [1.807, 2.05) is 36.4 Å². The third-order valence-electron chi connectivity index (χ3n) is 7.58. The van der Waals surface area contributed by atoms with E-state index in [9.17, 15) is 4.79 Å². The van der Waals surface area contributed by atoms with Crippen LogP contribution in [0.1, 0.15) is 31.7 Å². The molecule has 2 aromatic heterocycles. The molecule has 2 saturated heterocycles. The number of piperidine rings is 1. The van der Waals surface area contributed by atoms with Crippen LogP contribution in [0.4, 0.5) is 5.82 Å². The average molecular weight is 586 g/mol. The minimum atomic E-state index is -0.727. The zero-order chi connectivity index (χ0) is 28.1. The van der Waals surface area contributed by atoms with Gasteiger partial charge in [0.05, 0.1) is 5.69 Å². The Morgan fingerprint density at radius 1 is 0.925 bits per heavy atom. The SMILES string of the molecule is CCN1CCN(c2ccc(Oc3cc(CN4CCC(CC(=O)O)CC4)cc(-c4cc(Cl)cc(Cl)c4)n3)nn2)CC1. The summed E-state index contributed by atoms with van der Waals surface area (Å²) in [5.74, 6) is 1.11. The van der Waals surface area contributed by atoms with Crippen LogP contribution in [-0.4, -0.2) is 81.9 Å². The molecule has 40 heavy (non-hydrogen) atoms. The number of hydrogen-bond acceptors (Lipinski definition) is 8. The first-order valence-electron chi connectivity index (χ1n) is 13.7. The Balaban J connectivity index is 1.33. The summed E-state index contributed by atoms with van der Waals surface area (Å²) in [6.07, 6.45) is 1.97. The number of nitrogens with zero attached hydrogens (tertiary/aromatic N) is 6. The van der Waals surface area contributed by atoms with Crippen molar-refractivity contribution in [1.29, 1.82) is 0 Å². The number of rotatable bonds is 9. The number of hydrogen-bond donors (Lipinski definition) is 1. The maximum Gasteiger partial charge on any atom is 0.303 e. The number of aliphatic carboxylic acids is 1. The highest BCUT2D eigenvalue weighted by Crippen LogP contribution is 2.31. The first-order valence-corrected chi connectivity index (χ1v) is 14.5. The lowest BCUT2D eigenvalue weighted by Crippen LogP contribution is -2.46. The molecule has 1 aromatic carbocycles. The van der Waals surface area contributed by atoms with Crippen LogP contribution in [0.2, 0.25) is 10.0 Å². The zero-order valence-electron chi connectivity index (χ0n) is 22.6. The standard InChI is InChI=1S/C29H34Cl2N6O3/c1-2-35-9-11-37(12-10-35)26-3-4-27(34-33-26)40-28-14-21(19-36-7-5-20(6-8-36)15-29(38)39)13-25(32-28)22-16-23(30)18-24(31)17-22/h3-4,13-14,16-18,20H,2,5-12,15,19H2,1H3,(H,38,39). The van der Waals surface area contributed by atoms with Crippen LogP contribution < -0.4 is 9.64 Å². The normalized spacial score (nSPS) is 17.2. The van der Waals surface area contributed by atoms with Crippen molar-refractivity contribution in [3.8, 4) is 23.0 Å². The Morgan fingerprint density at radius 2 is 1.65 bits per heavy atom. The Hall–Kier alpha value is -2.98. The number of likely N-dealkylation sites (N-methyl/N-ethyl adjacent to an activating group) is 1. The lowest BCUT2D eigenvalue weighted by molar-refractivity contribution is -0.138. The highest BCUT2D eigenvalue weighted by atomic mass is 35.5. The van der Waals surface area contributed by atoms with Crippen molar-refractivity contribution in [3.05, 3.63) is 58.1 Å². The molecule has 0 spiro atoms. The molecule has 5 rings (SSSR count). The fourth-order valence-corrected chi connectivity index (χ4v) is 5.87. The van der Waals surface area contributed by atoms with E-state index in [-0.39, 0.29) is 12.3 Å². The van der Waals surface area contributed by atoms with Crippen LogP contribution in [0, 0.1) is 5.92 Å². The van der Waals surface area contributed by atoms with Crippen molar-refractivity contribution in [3.63, 3.8) is 0 Å². The number of piperazine rings is 1. The zero-order valence-corrected chi connectivity index (χ0v) is 24.1. The molecule has 0 amide bonds. The molecule has 2 aliphatic rings. The smallest absolute Gasteiger partial charge is 0.303 e. The predicted octanol–water partition coefficient (Wildman–Crippen LogP) is 5.47. The molecule has 11 heteroatoms. The summed E-state index contributed by atoms with van der Waals surface area (Å²) in [6, 6.07) is 13.0. The Labute approximate surface area is 244 Å². The first-order chi connectivity index (χ1) is 19.3. The summed E-state index contributed by atoms with van der Waals surface area (Å²) in [5, 5.41) is 18.9. The van der Waals surface area contributed by atoms with Crippen molar-refractivity contribution in [2.75, 3.05) is 50.7 Å². The van der Waals surface area contributed by atoms with Gasteiger partial charge >= 0.3 is 5.97 Å². The number of pyridine rings is 1. The van der Waals surface area contributed by atoms with Crippen LogP contribution in [-0.2, 0) is 11.3 Å². The second-order valence-electron chi connectivity index (χ2n) is 10.4. The van der Waals surface area contributed by atoms with Crippen LogP contribution >= 0.6 is 23.2 Å². The van der Waals surface area contributed by atoms with E-state index in [0.29, 0.717) is 34.0 Å². The van der Waals surface area contributed by atoms with Crippen molar-refractivity contribution < 1.29 is 14.6 Å². The summed E-state index contributed by atoms with van der Waals surface area (Å²) < 4.78 is 6.11. The van der Waals surface area contributed by atoms with Gasteiger partial charge in [-0.3, -0.25) is 9.69 Å². The molecule has 0 aliphatic carbocycles. The van der Waals surface area contributed by atoms with Crippen molar-refractivity contribution in [1.82, 2.24) is 25.0 Å². The number of carboxylic acid groups (broad SMARTS) is 1. The van der Waals surface area contributed by atoms with Crippen molar-refractivity contribution >= 4 is 35.0 Å².